The third-order valence-electron chi connectivity index (χ3n) is 5.41. The number of nitrogens with one attached hydrogen (secondary N) is 3. The van der Waals surface area contributed by atoms with Crippen molar-refractivity contribution in [2.75, 3.05) is 0 Å². The van der Waals surface area contributed by atoms with Crippen molar-refractivity contribution < 1.29 is 4.79 Å². The minimum Gasteiger partial charge on any atom is -0.357 e. The lowest BCUT2D eigenvalue weighted by Crippen LogP contribution is -2.46. The second-order valence-electron chi connectivity index (χ2n) is 7.56. The molecule has 0 unspecified atom stereocenters. The molecule has 4 bridgehead atoms. The highest BCUT2D eigenvalue weighted by Crippen LogP contribution is 2.19. The number of carbonyl (C=O) groups is 1. The Bertz CT molecular complexity index is 1030. The lowest BCUT2D eigenvalue weighted by atomic mass is 9.93. The minimum absolute atomic E-state index is 0.165. The summed E-state index contributed by atoms with van der Waals surface area (Å²) in [6, 6.07) is 25.0. The lowest BCUT2D eigenvalue weighted by molar-refractivity contribution is 0.0942. The average molecular weight is 416 g/mol. The van der Waals surface area contributed by atoms with E-state index >= 15 is 0 Å². The van der Waals surface area contributed by atoms with Crippen LogP contribution in [0.1, 0.15) is 38.2 Å². The first kappa shape index (κ1) is 20.1. The number of hydrogen-bond acceptors (Lipinski definition) is 2. The van der Waals surface area contributed by atoms with Gasteiger partial charge < -0.3 is 5.32 Å². The molecule has 0 radical (unpaired) electrons. The molecule has 3 N–H and O–H groups in total. The van der Waals surface area contributed by atoms with Crippen molar-refractivity contribution >= 4 is 23.2 Å². The van der Waals surface area contributed by atoms with E-state index in [1.165, 1.54) is 16.7 Å². The fourth-order valence-corrected chi connectivity index (χ4v) is 3.78. The Morgan fingerprint density at radius 1 is 0.767 bits per heavy atom. The van der Waals surface area contributed by atoms with Crippen molar-refractivity contribution in [2.45, 2.75) is 32.2 Å². The van der Waals surface area contributed by atoms with Crippen LogP contribution >= 0.6 is 12.2 Å². The number of carbonyl (C=O) groups excluding carboxylic acids is 1. The number of thiocarbonyl (C=S) groups is 1. The highest BCUT2D eigenvalue weighted by molar-refractivity contribution is 7.80. The monoisotopic (exact) mass is 415 g/mol. The number of rotatable bonds is 3. The Hall–Kier alpha value is -3.18. The van der Waals surface area contributed by atoms with Crippen LogP contribution in [0.2, 0.25) is 0 Å². The summed E-state index contributed by atoms with van der Waals surface area (Å²) >= 11 is 5.29. The topological polar surface area (TPSA) is 53.2 Å². The smallest absolute Gasteiger partial charge is 0.269 e. The minimum atomic E-state index is -0.165. The van der Waals surface area contributed by atoms with Crippen LogP contribution in [0.4, 0.5) is 0 Å². The van der Waals surface area contributed by atoms with E-state index in [0.717, 1.165) is 36.8 Å². The van der Waals surface area contributed by atoms with Gasteiger partial charge in [0, 0.05) is 12.1 Å². The first-order valence-electron chi connectivity index (χ1n) is 10.2. The lowest BCUT2D eigenvalue weighted by Gasteiger charge is -2.16. The molecule has 0 saturated heterocycles. The van der Waals surface area contributed by atoms with Gasteiger partial charge in [-0.3, -0.25) is 15.6 Å². The SMILES string of the molecule is O=C(NNC(=S)NCc1ccccc1)c1cc2ccc1CCc1ccc(cc1)CC2. The molecule has 5 heteroatoms. The molecule has 0 aliphatic heterocycles. The summed E-state index contributed by atoms with van der Waals surface area (Å²) in [6.07, 6.45) is 3.60. The molecule has 4 aliphatic rings. The summed E-state index contributed by atoms with van der Waals surface area (Å²) in [5.41, 5.74) is 12.2. The maximum atomic E-state index is 12.9. The van der Waals surface area contributed by atoms with Gasteiger partial charge in [0.05, 0.1) is 0 Å². The van der Waals surface area contributed by atoms with Crippen molar-refractivity contribution in [1.29, 1.82) is 0 Å². The molecule has 0 saturated carbocycles. The molecule has 4 nitrogen and oxygen atoms in total. The van der Waals surface area contributed by atoms with Gasteiger partial charge in [-0.1, -0.05) is 66.7 Å². The van der Waals surface area contributed by atoms with E-state index in [-0.39, 0.29) is 5.91 Å². The largest absolute Gasteiger partial charge is 0.357 e. The van der Waals surface area contributed by atoms with Crippen LogP contribution in [0.5, 0.6) is 0 Å². The predicted molar refractivity (Wildman–Crippen MR) is 124 cm³/mol. The third-order valence-corrected chi connectivity index (χ3v) is 5.66. The molecular weight excluding hydrogens is 390 g/mol. The first-order valence-corrected chi connectivity index (χ1v) is 10.7. The van der Waals surface area contributed by atoms with Gasteiger partial charge in [-0.05, 0) is 71.8 Å². The fourth-order valence-electron chi connectivity index (χ4n) is 3.65. The molecule has 1 amide bonds. The zero-order chi connectivity index (χ0) is 20.8. The molecular formula is C25H25N3OS. The standard InChI is InChI=1S/C25H25N3OS/c29-24(27-28-25(30)26-17-21-4-2-1-3-5-21)23-16-20-11-10-18-6-8-19(9-7-18)12-14-22(23)15-13-20/h1-9,13,15-16H,10-12,14,17H2,(H,27,29)(H2,26,28,30). The molecule has 0 aromatic heterocycles. The van der Waals surface area contributed by atoms with Gasteiger partial charge >= 0.3 is 0 Å². The normalized spacial score (nSPS) is 12.5. The Labute approximate surface area is 182 Å². The van der Waals surface area contributed by atoms with E-state index in [9.17, 15) is 4.79 Å². The summed E-state index contributed by atoms with van der Waals surface area (Å²) in [6.45, 7) is 0.599. The zero-order valence-corrected chi connectivity index (χ0v) is 17.6. The molecule has 7 rings (SSSR count). The van der Waals surface area contributed by atoms with Gasteiger partial charge in [0.15, 0.2) is 5.11 Å². The van der Waals surface area contributed by atoms with Crippen LogP contribution in [0.3, 0.4) is 0 Å². The van der Waals surface area contributed by atoms with Crippen LogP contribution in [-0.2, 0) is 32.2 Å². The summed E-state index contributed by atoms with van der Waals surface area (Å²) in [7, 11) is 0. The van der Waals surface area contributed by atoms with Crippen LogP contribution in [0, 0.1) is 0 Å². The van der Waals surface area contributed by atoms with Crippen LogP contribution < -0.4 is 16.2 Å². The third kappa shape index (κ3) is 5.24. The van der Waals surface area contributed by atoms with Gasteiger partial charge in [0.2, 0.25) is 0 Å². The van der Waals surface area contributed by atoms with Gasteiger partial charge in [0.1, 0.15) is 0 Å². The van der Waals surface area contributed by atoms with E-state index in [0.29, 0.717) is 17.2 Å². The predicted octanol–water partition coefficient (Wildman–Crippen LogP) is 3.88. The van der Waals surface area contributed by atoms with Crippen molar-refractivity contribution in [3.8, 4) is 0 Å². The molecule has 0 heterocycles. The molecule has 152 valence electrons. The van der Waals surface area contributed by atoms with E-state index < -0.39 is 0 Å². The van der Waals surface area contributed by atoms with Crippen molar-refractivity contribution in [3.05, 3.63) is 106 Å². The summed E-state index contributed by atoms with van der Waals surface area (Å²) in [5.74, 6) is -0.165. The van der Waals surface area contributed by atoms with Gasteiger partial charge in [-0.2, -0.15) is 0 Å². The van der Waals surface area contributed by atoms with E-state index in [4.69, 9.17) is 12.2 Å². The highest BCUT2D eigenvalue weighted by atomic mass is 32.1. The number of aryl methyl sites for hydroxylation is 4. The van der Waals surface area contributed by atoms with Crippen LogP contribution in [-0.4, -0.2) is 11.0 Å². The maximum Gasteiger partial charge on any atom is 0.269 e. The quantitative estimate of drug-likeness (QED) is 0.449. The molecule has 30 heavy (non-hydrogen) atoms. The molecule has 0 spiro atoms. The molecule has 0 fully saturated rings. The van der Waals surface area contributed by atoms with Crippen LogP contribution in [0.25, 0.3) is 0 Å². The number of hydrazine groups is 1. The maximum absolute atomic E-state index is 12.9. The second-order valence-corrected chi connectivity index (χ2v) is 7.96. The van der Waals surface area contributed by atoms with E-state index in [1.54, 1.807) is 0 Å². The van der Waals surface area contributed by atoms with Crippen molar-refractivity contribution in [1.82, 2.24) is 16.2 Å². The fraction of sp³-hybridized carbons (Fsp3) is 0.200. The second kappa shape index (κ2) is 9.55. The summed E-state index contributed by atoms with van der Waals surface area (Å²) in [5, 5.41) is 3.49. The molecule has 0 atom stereocenters. The highest BCUT2D eigenvalue weighted by Gasteiger charge is 2.14. The molecule has 3 aromatic rings. The van der Waals surface area contributed by atoms with Crippen molar-refractivity contribution in [3.63, 3.8) is 0 Å². The Morgan fingerprint density at radius 3 is 2.13 bits per heavy atom. The van der Waals surface area contributed by atoms with Gasteiger partial charge in [0.25, 0.3) is 5.91 Å². The van der Waals surface area contributed by atoms with Crippen LogP contribution in [0.15, 0.2) is 72.8 Å². The van der Waals surface area contributed by atoms with Gasteiger partial charge in [-0.25, -0.2) is 0 Å². The first-order chi connectivity index (χ1) is 14.7. The van der Waals surface area contributed by atoms with Gasteiger partial charge in [-0.15, -0.1) is 0 Å². The number of hydrogen-bond donors (Lipinski definition) is 3. The Morgan fingerprint density at radius 2 is 1.40 bits per heavy atom. The Kier molecular flexibility index (Phi) is 6.40. The Balaban J connectivity index is 1.40. The zero-order valence-electron chi connectivity index (χ0n) is 16.8. The molecule has 3 aromatic carbocycles. The van der Waals surface area contributed by atoms with E-state index in [1.807, 2.05) is 36.4 Å². The molecule has 4 aliphatic carbocycles. The summed E-state index contributed by atoms with van der Waals surface area (Å²) < 4.78 is 0. The average Bonchev–Trinajstić information content (AvgIpc) is 2.78. The number of amides is 1. The van der Waals surface area contributed by atoms with Crippen molar-refractivity contribution in [2.24, 2.45) is 0 Å². The van der Waals surface area contributed by atoms with E-state index in [2.05, 4.69) is 52.6 Å². The summed E-state index contributed by atoms with van der Waals surface area (Å²) in [4.78, 5) is 12.9. The number of benzene rings is 3.